The number of rotatable bonds is 6. The van der Waals surface area contributed by atoms with E-state index in [-0.39, 0.29) is 12.1 Å². The summed E-state index contributed by atoms with van der Waals surface area (Å²) >= 11 is 1.68. The molecule has 0 bridgehead atoms. The molecule has 2 heterocycles. The number of morpholine rings is 1. The monoisotopic (exact) mass is 402 g/mol. The molecule has 3 N–H and O–H groups in total. The van der Waals surface area contributed by atoms with Crippen LogP contribution in [0, 0.1) is 6.92 Å². The van der Waals surface area contributed by atoms with E-state index in [4.69, 9.17) is 4.74 Å². The average Bonchev–Trinajstić information content (AvgIpc) is 3.22. The van der Waals surface area contributed by atoms with Crippen molar-refractivity contribution in [1.29, 1.82) is 0 Å². The largest absolute Gasteiger partial charge is 0.370 e. The van der Waals surface area contributed by atoms with Crippen LogP contribution in [0.25, 0.3) is 0 Å². The molecule has 1 fully saturated rings. The van der Waals surface area contributed by atoms with Crippen molar-refractivity contribution in [3.8, 4) is 0 Å². The van der Waals surface area contributed by atoms with E-state index < -0.39 is 11.8 Å². The van der Waals surface area contributed by atoms with E-state index in [0.717, 1.165) is 37.4 Å². The van der Waals surface area contributed by atoms with E-state index in [1.54, 1.807) is 11.3 Å². The lowest BCUT2D eigenvalue weighted by molar-refractivity contribution is -0.939. The second kappa shape index (κ2) is 9.82. The summed E-state index contributed by atoms with van der Waals surface area (Å²) in [6.07, 6.45) is 0. The Bertz CT molecular complexity index is 771. The fraction of sp³-hybridized carbons (Fsp3) is 0.429. The molecule has 0 spiro atoms. The van der Waals surface area contributed by atoms with Gasteiger partial charge in [-0.3, -0.25) is 9.59 Å². The summed E-state index contributed by atoms with van der Waals surface area (Å²) in [5, 5.41) is 7.65. The van der Waals surface area contributed by atoms with E-state index >= 15 is 0 Å². The number of thiophene rings is 1. The lowest BCUT2D eigenvalue weighted by Crippen LogP contribution is -3.15. The third-order valence-electron chi connectivity index (χ3n) is 5.06. The molecule has 1 aliphatic heterocycles. The highest BCUT2D eigenvalue weighted by Crippen LogP contribution is 2.20. The van der Waals surface area contributed by atoms with Crippen LogP contribution in [0.2, 0.25) is 0 Å². The fourth-order valence-corrected chi connectivity index (χ4v) is 4.53. The first kappa shape index (κ1) is 20.5. The molecule has 0 saturated carbocycles. The van der Waals surface area contributed by atoms with Crippen molar-refractivity contribution in [1.82, 2.24) is 10.6 Å². The Labute approximate surface area is 169 Å². The number of hydrogen-bond acceptors (Lipinski definition) is 4. The molecule has 0 radical (unpaired) electrons. The van der Waals surface area contributed by atoms with Crippen LogP contribution in [-0.4, -0.2) is 44.2 Å². The van der Waals surface area contributed by atoms with Gasteiger partial charge < -0.3 is 20.3 Å². The van der Waals surface area contributed by atoms with Gasteiger partial charge in [-0.1, -0.05) is 35.9 Å². The van der Waals surface area contributed by atoms with Crippen molar-refractivity contribution < 1.29 is 19.2 Å². The van der Waals surface area contributed by atoms with Crippen LogP contribution in [0.3, 0.4) is 0 Å². The number of amides is 2. The second-order valence-electron chi connectivity index (χ2n) is 7.19. The molecule has 1 aromatic heterocycles. The van der Waals surface area contributed by atoms with Crippen LogP contribution in [-0.2, 0) is 20.9 Å². The molecule has 1 saturated heterocycles. The summed E-state index contributed by atoms with van der Waals surface area (Å²) < 4.78 is 5.48. The van der Waals surface area contributed by atoms with Crippen molar-refractivity contribution >= 4 is 23.2 Å². The van der Waals surface area contributed by atoms with E-state index in [2.05, 4.69) is 16.7 Å². The number of nitrogens with one attached hydrogen (secondary N) is 3. The summed E-state index contributed by atoms with van der Waals surface area (Å²) in [6.45, 7) is 7.54. The molecule has 28 heavy (non-hydrogen) atoms. The van der Waals surface area contributed by atoms with Crippen LogP contribution in [0.15, 0.2) is 41.8 Å². The Balaban J connectivity index is 1.58. The van der Waals surface area contributed by atoms with Crippen molar-refractivity contribution in [3.05, 3.63) is 57.8 Å². The molecule has 2 aromatic rings. The van der Waals surface area contributed by atoms with Gasteiger partial charge >= 0.3 is 11.8 Å². The number of carbonyl (C=O) groups excluding carboxylic acids is 2. The number of carbonyl (C=O) groups is 2. The predicted molar refractivity (Wildman–Crippen MR) is 109 cm³/mol. The van der Waals surface area contributed by atoms with Gasteiger partial charge in [-0.25, -0.2) is 0 Å². The van der Waals surface area contributed by atoms with E-state index in [1.165, 1.54) is 9.78 Å². The van der Waals surface area contributed by atoms with Crippen LogP contribution >= 0.6 is 11.3 Å². The quantitative estimate of drug-likeness (QED) is 0.627. The van der Waals surface area contributed by atoms with Gasteiger partial charge in [0, 0.05) is 6.54 Å². The molecule has 0 unspecified atom stereocenters. The molecule has 1 aliphatic rings. The summed E-state index contributed by atoms with van der Waals surface area (Å²) in [4.78, 5) is 27.3. The smallest absolute Gasteiger partial charge is 0.309 e. The topological polar surface area (TPSA) is 71.9 Å². The first-order valence-corrected chi connectivity index (χ1v) is 10.5. The number of aryl methyl sites for hydroxylation is 1. The van der Waals surface area contributed by atoms with Gasteiger partial charge in [-0.2, -0.15) is 0 Å². The van der Waals surface area contributed by atoms with Crippen LogP contribution in [0.4, 0.5) is 0 Å². The minimum absolute atomic E-state index is 0.109. The third-order valence-corrected chi connectivity index (χ3v) is 6.02. The molecule has 150 valence electrons. The van der Waals surface area contributed by atoms with Crippen LogP contribution in [0.5, 0.6) is 0 Å². The fourth-order valence-electron chi connectivity index (χ4n) is 3.54. The van der Waals surface area contributed by atoms with E-state index in [0.29, 0.717) is 6.54 Å². The molecular formula is C21H28N3O3S+. The van der Waals surface area contributed by atoms with Gasteiger partial charge in [-0.15, -0.1) is 11.3 Å². The molecule has 7 heteroatoms. The van der Waals surface area contributed by atoms with Crippen molar-refractivity contribution in [2.24, 2.45) is 0 Å². The molecule has 3 rings (SSSR count). The standard InChI is InChI=1S/C21H27N3O3S/c1-15-5-7-17(8-6-15)14-22-20(25)21(26)23-16(2)19(18-4-3-13-28-18)24-9-11-27-12-10-24/h3-8,13,16,19H,9-12,14H2,1-2H3,(H,22,25)(H,23,26)/p+1/t16-,19-/m0/s1. The van der Waals surface area contributed by atoms with Gasteiger partial charge in [-0.05, 0) is 30.9 Å². The molecular weight excluding hydrogens is 374 g/mol. The zero-order valence-electron chi connectivity index (χ0n) is 16.4. The minimum Gasteiger partial charge on any atom is -0.370 e. The summed E-state index contributed by atoms with van der Waals surface area (Å²) in [7, 11) is 0. The number of quaternary nitrogens is 1. The first-order valence-electron chi connectivity index (χ1n) is 9.64. The summed E-state index contributed by atoms with van der Waals surface area (Å²) in [5.74, 6) is -1.19. The molecule has 1 aromatic carbocycles. The highest BCUT2D eigenvalue weighted by atomic mass is 32.1. The Morgan fingerprint density at radius 1 is 1.14 bits per heavy atom. The first-order chi connectivity index (χ1) is 13.5. The highest BCUT2D eigenvalue weighted by molar-refractivity contribution is 7.10. The van der Waals surface area contributed by atoms with Crippen LogP contribution < -0.4 is 15.5 Å². The van der Waals surface area contributed by atoms with E-state index in [9.17, 15) is 9.59 Å². The zero-order valence-corrected chi connectivity index (χ0v) is 17.2. The normalized spacial score (nSPS) is 16.9. The average molecular weight is 403 g/mol. The Hall–Kier alpha value is -2.22. The van der Waals surface area contributed by atoms with Crippen molar-refractivity contribution in [2.75, 3.05) is 26.3 Å². The molecule has 0 aliphatic carbocycles. The highest BCUT2D eigenvalue weighted by Gasteiger charge is 2.33. The Morgan fingerprint density at radius 2 is 1.86 bits per heavy atom. The molecule has 2 atom stereocenters. The van der Waals surface area contributed by atoms with Gasteiger partial charge in [0.25, 0.3) is 0 Å². The number of benzene rings is 1. The maximum Gasteiger partial charge on any atom is 0.309 e. The van der Waals surface area contributed by atoms with Crippen molar-refractivity contribution in [3.63, 3.8) is 0 Å². The molecule has 6 nitrogen and oxygen atoms in total. The molecule has 2 amide bonds. The number of hydrogen-bond donors (Lipinski definition) is 3. The lowest BCUT2D eigenvalue weighted by atomic mass is 10.1. The van der Waals surface area contributed by atoms with Gasteiger partial charge in [0.05, 0.1) is 24.1 Å². The van der Waals surface area contributed by atoms with E-state index in [1.807, 2.05) is 49.6 Å². The maximum atomic E-state index is 12.4. The SMILES string of the molecule is Cc1ccc(CNC(=O)C(=O)N[C@@H](C)[C@@H](c2cccs2)[NH+]2CCOCC2)cc1. The van der Waals surface area contributed by atoms with Gasteiger partial charge in [0.15, 0.2) is 0 Å². The van der Waals surface area contributed by atoms with Gasteiger partial charge in [0.1, 0.15) is 19.1 Å². The zero-order chi connectivity index (χ0) is 19.9. The summed E-state index contributed by atoms with van der Waals surface area (Å²) in [5.41, 5.74) is 2.13. The second-order valence-corrected chi connectivity index (χ2v) is 8.17. The Kier molecular flexibility index (Phi) is 7.19. The predicted octanol–water partition coefficient (Wildman–Crippen LogP) is 0.834. The van der Waals surface area contributed by atoms with Crippen molar-refractivity contribution in [2.45, 2.75) is 32.5 Å². The third kappa shape index (κ3) is 5.41. The number of ether oxygens (including phenoxy) is 1. The summed E-state index contributed by atoms with van der Waals surface area (Å²) in [6, 6.07) is 11.9. The Morgan fingerprint density at radius 3 is 2.50 bits per heavy atom. The van der Waals surface area contributed by atoms with Crippen LogP contribution in [0.1, 0.15) is 29.0 Å². The lowest BCUT2D eigenvalue weighted by Gasteiger charge is -2.34. The van der Waals surface area contributed by atoms with Gasteiger partial charge in [0.2, 0.25) is 0 Å². The minimum atomic E-state index is -0.602. The maximum absolute atomic E-state index is 12.4.